The van der Waals surface area contributed by atoms with Crippen LogP contribution in [0.5, 0.6) is 0 Å². The van der Waals surface area contributed by atoms with Gasteiger partial charge in [-0.25, -0.2) is 4.79 Å². The summed E-state index contributed by atoms with van der Waals surface area (Å²) in [6.07, 6.45) is 5.61. The van der Waals surface area contributed by atoms with Gasteiger partial charge in [0.05, 0.1) is 5.60 Å². The summed E-state index contributed by atoms with van der Waals surface area (Å²) < 4.78 is 5.51. The van der Waals surface area contributed by atoms with Gasteiger partial charge in [-0.2, -0.15) is 0 Å². The van der Waals surface area contributed by atoms with E-state index in [0.29, 0.717) is 30.6 Å². The summed E-state index contributed by atoms with van der Waals surface area (Å²) >= 11 is 0. The van der Waals surface area contributed by atoms with Gasteiger partial charge in [-0.15, -0.1) is 0 Å². The Morgan fingerprint density at radius 2 is 1.74 bits per heavy atom. The van der Waals surface area contributed by atoms with E-state index in [1.54, 1.807) is 25.7 Å². The number of rotatable bonds is 4. The summed E-state index contributed by atoms with van der Waals surface area (Å²) in [6, 6.07) is -1.40. The number of ether oxygens (including phenoxy) is 1. The van der Waals surface area contributed by atoms with Crippen LogP contribution in [0.1, 0.15) is 72.1 Å². The summed E-state index contributed by atoms with van der Waals surface area (Å²) in [5, 5.41) is 14.1. The quantitative estimate of drug-likeness (QED) is 0.623. The van der Waals surface area contributed by atoms with Gasteiger partial charge in [0.15, 0.2) is 0 Å². The second-order valence-electron chi connectivity index (χ2n) is 12.1. The van der Waals surface area contributed by atoms with E-state index in [1.165, 1.54) is 0 Å². The third-order valence-corrected chi connectivity index (χ3v) is 8.28. The molecule has 4 bridgehead atoms. The van der Waals surface area contributed by atoms with E-state index < -0.39 is 40.7 Å². The zero-order valence-electron chi connectivity index (χ0n) is 18.7. The van der Waals surface area contributed by atoms with Gasteiger partial charge >= 0.3 is 6.09 Å². The smallest absolute Gasteiger partial charge is 0.408 e. The number of hydrogen-bond donors (Lipinski definition) is 3. The van der Waals surface area contributed by atoms with Crippen LogP contribution < -0.4 is 11.1 Å². The highest BCUT2D eigenvalue weighted by Crippen LogP contribution is 2.63. The first kappa shape index (κ1) is 21.0. The molecule has 6 aliphatic rings. The molecule has 8 nitrogen and oxygen atoms in total. The summed E-state index contributed by atoms with van der Waals surface area (Å²) in [6.45, 7) is 5.36. The van der Waals surface area contributed by atoms with E-state index in [-0.39, 0.29) is 11.9 Å². The number of alkyl carbamates (subject to hydrolysis) is 1. The van der Waals surface area contributed by atoms with E-state index >= 15 is 0 Å². The molecular weight excluding hydrogens is 398 g/mol. The molecule has 0 aromatic rings. The Kier molecular flexibility index (Phi) is 4.47. The molecule has 6 rings (SSSR count). The second kappa shape index (κ2) is 6.59. The Balaban J connectivity index is 1.47. The van der Waals surface area contributed by atoms with Crippen LogP contribution in [0.15, 0.2) is 0 Å². The van der Waals surface area contributed by atoms with Gasteiger partial charge in [0.2, 0.25) is 11.8 Å². The molecule has 8 heteroatoms. The Morgan fingerprint density at radius 1 is 1.10 bits per heavy atom. The van der Waals surface area contributed by atoms with Crippen LogP contribution in [0, 0.1) is 23.2 Å². The number of likely N-dealkylation sites (tertiary alicyclic amines) is 1. The minimum Gasteiger partial charge on any atom is -0.444 e. The number of primary amides is 1. The van der Waals surface area contributed by atoms with Crippen molar-refractivity contribution in [1.29, 1.82) is 0 Å². The molecule has 172 valence electrons. The number of aliphatic hydroxyl groups is 1. The van der Waals surface area contributed by atoms with Gasteiger partial charge in [-0.05, 0) is 89.9 Å². The molecule has 0 aromatic carbocycles. The van der Waals surface area contributed by atoms with Crippen LogP contribution in [-0.4, -0.2) is 57.2 Å². The molecule has 4 N–H and O–H groups in total. The Labute approximate surface area is 183 Å². The van der Waals surface area contributed by atoms with E-state index in [0.717, 1.165) is 38.5 Å². The van der Waals surface area contributed by atoms with Crippen LogP contribution in [0.3, 0.4) is 0 Å². The number of nitrogens with zero attached hydrogens (tertiary/aromatic N) is 1. The lowest BCUT2D eigenvalue weighted by Crippen LogP contribution is -2.67. The molecule has 8 atom stereocenters. The van der Waals surface area contributed by atoms with Crippen LogP contribution in [-0.2, 0) is 14.3 Å². The molecule has 0 aromatic heterocycles. The molecule has 1 saturated heterocycles. The van der Waals surface area contributed by atoms with Crippen molar-refractivity contribution in [3.63, 3.8) is 0 Å². The largest absolute Gasteiger partial charge is 0.444 e. The van der Waals surface area contributed by atoms with Gasteiger partial charge in [-0.3, -0.25) is 9.59 Å². The molecule has 2 unspecified atom stereocenters. The van der Waals surface area contributed by atoms with Gasteiger partial charge in [0.25, 0.3) is 0 Å². The summed E-state index contributed by atoms with van der Waals surface area (Å²) in [5.74, 6) is 0.331. The first-order valence-corrected chi connectivity index (χ1v) is 11.7. The van der Waals surface area contributed by atoms with Crippen LogP contribution >= 0.6 is 0 Å². The van der Waals surface area contributed by atoms with Crippen LogP contribution in [0.2, 0.25) is 0 Å². The first-order valence-electron chi connectivity index (χ1n) is 11.7. The standard InChI is InChI=1S/C23H35N3O5/c1-21(2,3)31-20(29)25-17(19(28)26-15-5-14(15)6-16(26)18(24)27)22-7-12-4-13(8-22)10-23(30,9-12)11-22/h12-17,30H,4-11H2,1-3H3,(H2,24,27)(H,25,29)/t12-,13+,14-,15-,16-,17+,22?,23?/m0/s1. The maximum Gasteiger partial charge on any atom is 0.408 e. The summed E-state index contributed by atoms with van der Waals surface area (Å²) in [5.41, 5.74) is 3.66. The molecule has 6 fully saturated rings. The highest BCUT2D eigenvalue weighted by Gasteiger charge is 2.64. The molecule has 1 heterocycles. The molecule has 31 heavy (non-hydrogen) atoms. The van der Waals surface area contributed by atoms with Crippen molar-refractivity contribution in [3.8, 4) is 0 Å². The van der Waals surface area contributed by atoms with E-state index in [2.05, 4.69) is 5.32 Å². The van der Waals surface area contributed by atoms with Crippen molar-refractivity contribution >= 4 is 17.9 Å². The summed E-state index contributed by atoms with van der Waals surface area (Å²) in [4.78, 5) is 40.5. The number of carbonyl (C=O) groups excluding carboxylic acids is 3. The molecule has 5 saturated carbocycles. The number of nitrogens with two attached hydrogens (primary N) is 1. The summed E-state index contributed by atoms with van der Waals surface area (Å²) in [7, 11) is 0. The molecule has 0 spiro atoms. The van der Waals surface area contributed by atoms with Crippen molar-refractivity contribution < 1.29 is 24.2 Å². The third kappa shape index (κ3) is 3.60. The van der Waals surface area contributed by atoms with Crippen molar-refractivity contribution in [1.82, 2.24) is 10.2 Å². The Morgan fingerprint density at radius 3 is 2.29 bits per heavy atom. The number of piperidine rings is 1. The average Bonchev–Trinajstić information content (AvgIpc) is 3.25. The highest BCUT2D eigenvalue weighted by atomic mass is 16.6. The van der Waals surface area contributed by atoms with Crippen molar-refractivity contribution in [2.24, 2.45) is 28.9 Å². The maximum atomic E-state index is 14.0. The number of hydrogen-bond acceptors (Lipinski definition) is 5. The van der Waals surface area contributed by atoms with Crippen LogP contribution in [0.25, 0.3) is 0 Å². The molecule has 3 amide bonds. The lowest BCUT2D eigenvalue weighted by atomic mass is 9.46. The minimum absolute atomic E-state index is 0.0323. The molecule has 5 aliphatic carbocycles. The first-order chi connectivity index (χ1) is 14.4. The third-order valence-electron chi connectivity index (χ3n) is 8.28. The maximum absolute atomic E-state index is 14.0. The lowest BCUT2D eigenvalue weighted by Gasteiger charge is -2.62. The number of carbonyl (C=O) groups is 3. The zero-order chi connectivity index (χ0) is 22.3. The second-order valence-corrected chi connectivity index (χ2v) is 12.1. The Bertz CT molecular complexity index is 807. The fourth-order valence-electron chi connectivity index (χ4n) is 7.70. The topological polar surface area (TPSA) is 122 Å². The predicted molar refractivity (Wildman–Crippen MR) is 112 cm³/mol. The SMILES string of the molecule is CC(C)(C)OC(=O)N[C@H](C(=O)N1[C@H](C(N)=O)C[C@@H]2C[C@@H]21)C12C[C@@H]3C[C@@H](CC(O)(C3)C1)C2. The fraction of sp³-hybridized carbons (Fsp3) is 0.870. The predicted octanol–water partition coefficient (Wildman–Crippen LogP) is 1.69. The van der Waals surface area contributed by atoms with Crippen LogP contribution in [0.4, 0.5) is 4.79 Å². The lowest BCUT2D eigenvalue weighted by molar-refractivity contribution is -0.181. The molecular formula is C23H35N3O5. The van der Waals surface area contributed by atoms with E-state index in [4.69, 9.17) is 10.5 Å². The average molecular weight is 434 g/mol. The number of fused-ring (bicyclic) bond motifs is 1. The van der Waals surface area contributed by atoms with Crippen molar-refractivity contribution in [3.05, 3.63) is 0 Å². The van der Waals surface area contributed by atoms with Crippen molar-refractivity contribution in [2.45, 2.75) is 101 Å². The van der Waals surface area contributed by atoms with Gasteiger partial charge in [-0.1, -0.05) is 0 Å². The van der Waals surface area contributed by atoms with Gasteiger partial charge in [0.1, 0.15) is 17.7 Å². The highest BCUT2D eigenvalue weighted by molar-refractivity contribution is 5.92. The normalized spacial score (nSPS) is 43.4. The molecule has 1 aliphatic heterocycles. The zero-order valence-corrected chi connectivity index (χ0v) is 18.7. The number of amides is 3. The van der Waals surface area contributed by atoms with E-state index in [1.807, 2.05) is 0 Å². The van der Waals surface area contributed by atoms with Gasteiger partial charge < -0.3 is 25.8 Å². The van der Waals surface area contributed by atoms with Gasteiger partial charge in [0, 0.05) is 11.5 Å². The monoisotopic (exact) mass is 433 g/mol. The molecule has 0 radical (unpaired) electrons. The minimum atomic E-state index is -0.819. The van der Waals surface area contributed by atoms with E-state index in [9.17, 15) is 19.5 Å². The fourth-order valence-corrected chi connectivity index (χ4v) is 7.70. The van der Waals surface area contributed by atoms with Crippen molar-refractivity contribution in [2.75, 3.05) is 0 Å². The number of nitrogens with one attached hydrogen (secondary N) is 1. The Hall–Kier alpha value is -1.83.